The van der Waals surface area contributed by atoms with Crippen LogP contribution >= 0.6 is 0 Å². The van der Waals surface area contributed by atoms with E-state index in [9.17, 15) is 0 Å². The summed E-state index contributed by atoms with van der Waals surface area (Å²) < 4.78 is 11.1. The molecule has 0 spiro atoms. The lowest BCUT2D eigenvalue weighted by atomic mass is 10.2. The third kappa shape index (κ3) is 4.37. The quantitative estimate of drug-likeness (QED) is 0.661. The van der Waals surface area contributed by atoms with Crippen LogP contribution in [0.1, 0.15) is 13.8 Å². The minimum Gasteiger partial charge on any atom is -0.396 e. The number of nitrogens with one attached hydrogen (secondary N) is 1. The van der Waals surface area contributed by atoms with Gasteiger partial charge in [0.1, 0.15) is 0 Å². The van der Waals surface area contributed by atoms with Gasteiger partial charge in [-0.05, 0) is 6.92 Å². The zero-order chi connectivity index (χ0) is 10.4. The maximum absolute atomic E-state index is 8.79. The molecule has 0 aliphatic carbocycles. The topological polar surface area (TPSA) is 50.7 Å². The van der Waals surface area contributed by atoms with E-state index < -0.39 is 0 Å². The van der Waals surface area contributed by atoms with Crippen LogP contribution in [0, 0.1) is 5.92 Å². The smallest absolute Gasteiger partial charge is 0.0936 e. The first-order chi connectivity index (χ1) is 6.72. The van der Waals surface area contributed by atoms with Crippen LogP contribution in [-0.2, 0) is 9.47 Å². The summed E-state index contributed by atoms with van der Waals surface area (Å²) in [6.45, 7) is 7.19. The molecule has 0 aromatic carbocycles. The van der Waals surface area contributed by atoms with Crippen molar-refractivity contribution in [2.45, 2.75) is 26.1 Å². The molecule has 1 saturated heterocycles. The van der Waals surface area contributed by atoms with E-state index in [4.69, 9.17) is 14.6 Å². The summed E-state index contributed by atoms with van der Waals surface area (Å²) in [5.41, 5.74) is 0. The zero-order valence-corrected chi connectivity index (χ0v) is 9.03. The van der Waals surface area contributed by atoms with Gasteiger partial charge in [0.15, 0.2) is 0 Å². The van der Waals surface area contributed by atoms with Crippen molar-refractivity contribution in [3.63, 3.8) is 0 Å². The summed E-state index contributed by atoms with van der Waals surface area (Å²) in [6.07, 6.45) is 0.428. The summed E-state index contributed by atoms with van der Waals surface area (Å²) in [6, 6.07) is 0. The van der Waals surface area contributed by atoms with Gasteiger partial charge < -0.3 is 19.9 Å². The van der Waals surface area contributed by atoms with Crippen molar-refractivity contribution in [1.82, 2.24) is 5.32 Å². The van der Waals surface area contributed by atoms with E-state index in [1.165, 1.54) is 0 Å². The second-order valence-electron chi connectivity index (χ2n) is 4.05. The van der Waals surface area contributed by atoms with Crippen molar-refractivity contribution in [1.29, 1.82) is 0 Å². The molecule has 1 heterocycles. The summed E-state index contributed by atoms with van der Waals surface area (Å²) in [7, 11) is 0. The molecule has 1 rings (SSSR count). The molecule has 14 heavy (non-hydrogen) atoms. The lowest BCUT2D eigenvalue weighted by Crippen LogP contribution is -2.45. The van der Waals surface area contributed by atoms with Crippen LogP contribution in [0.4, 0.5) is 0 Å². The first-order valence-electron chi connectivity index (χ1n) is 5.27. The van der Waals surface area contributed by atoms with Crippen molar-refractivity contribution in [3.8, 4) is 0 Å². The molecule has 1 aliphatic heterocycles. The largest absolute Gasteiger partial charge is 0.396 e. The first-order valence-corrected chi connectivity index (χ1v) is 5.27. The summed E-state index contributed by atoms with van der Waals surface area (Å²) >= 11 is 0. The Labute approximate surface area is 85.6 Å². The highest BCUT2D eigenvalue weighted by atomic mass is 16.5. The van der Waals surface area contributed by atoms with Crippen LogP contribution in [0.3, 0.4) is 0 Å². The average Bonchev–Trinajstić information content (AvgIpc) is 2.17. The van der Waals surface area contributed by atoms with Gasteiger partial charge in [0.25, 0.3) is 0 Å². The summed E-state index contributed by atoms with van der Waals surface area (Å²) in [5.74, 6) is 0.212. The Hall–Kier alpha value is -0.160. The fourth-order valence-corrected chi connectivity index (χ4v) is 1.42. The average molecular weight is 203 g/mol. The van der Waals surface area contributed by atoms with Gasteiger partial charge in [0.05, 0.1) is 25.4 Å². The number of hydrogen-bond acceptors (Lipinski definition) is 4. The number of aliphatic hydroxyl groups excluding tert-OH is 1. The Morgan fingerprint density at radius 2 is 2.36 bits per heavy atom. The molecule has 1 fully saturated rings. The highest BCUT2D eigenvalue weighted by molar-refractivity contribution is 4.71. The molecular formula is C10H21NO3. The summed E-state index contributed by atoms with van der Waals surface area (Å²) in [4.78, 5) is 0. The van der Waals surface area contributed by atoms with Crippen LogP contribution in [0.5, 0.6) is 0 Å². The Kier molecular flexibility index (Phi) is 5.40. The fraction of sp³-hybridized carbons (Fsp3) is 1.00. The monoisotopic (exact) mass is 203 g/mol. The molecule has 0 aromatic heterocycles. The molecule has 0 saturated carbocycles. The molecule has 84 valence electrons. The number of morpholine rings is 1. The Bertz CT molecular complexity index is 154. The molecular weight excluding hydrogens is 182 g/mol. The number of hydrogen-bond donors (Lipinski definition) is 2. The number of rotatable bonds is 5. The fourth-order valence-electron chi connectivity index (χ4n) is 1.42. The van der Waals surface area contributed by atoms with Gasteiger partial charge in [-0.25, -0.2) is 0 Å². The third-order valence-electron chi connectivity index (χ3n) is 2.25. The number of aliphatic hydroxyl groups is 1. The van der Waals surface area contributed by atoms with Gasteiger partial charge in [0.2, 0.25) is 0 Å². The van der Waals surface area contributed by atoms with Crippen LogP contribution in [-0.4, -0.2) is 50.2 Å². The van der Waals surface area contributed by atoms with Crippen molar-refractivity contribution in [3.05, 3.63) is 0 Å². The van der Waals surface area contributed by atoms with E-state index in [-0.39, 0.29) is 24.7 Å². The molecule has 0 aromatic rings. The van der Waals surface area contributed by atoms with Crippen molar-refractivity contribution < 1.29 is 14.6 Å². The van der Waals surface area contributed by atoms with Crippen molar-refractivity contribution in [2.24, 2.45) is 5.92 Å². The first kappa shape index (κ1) is 11.9. The predicted octanol–water partition coefficient (Wildman–Crippen LogP) is 0.00830. The zero-order valence-electron chi connectivity index (χ0n) is 9.03. The lowest BCUT2D eigenvalue weighted by molar-refractivity contribution is -0.0737. The normalized spacial score (nSPS) is 30.2. The second-order valence-corrected chi connectivity index (χ2v) is 4.05. The van der Waals surface area contributed by atoms with E-state index in [0.29, 0.717) is 13.2 Å². The van der Waals surface area contributed by atoms with Gasteiger partial charge in [-0.1, -0.05) is 6.92 Å². The second kappa shape index (κ2) is 6.35. The summed E-state index contributed by atoms with van der Waals surface area (Å²) in [5, 5.41) is 12.1. The van der Waals surface area contributed by atoms with Gasteiger partial charge in [-0.3, -0.25) is 0 Å². The van der Waals surface area contributed by atoms with Crippen LogP contribution in [0.2, 0.25) is 0 Å². The molecule has 0 radical (unpaired) electrons. The Morgan fingerprint density at radius 3 is 3.00 bits per heavy atom. The van der Waals surface area contributed by atoms with Gasteiger partial charge >= 0.3 is 0 Å². The molecule has 0 amide bonds. The highest BCUT2D eigenvalue weighted by Gasteiger charge is 2.18. The maximum Gasteiger partial charge on any atom is 0.0936 e. The Balaban J connectivity index is 2.05. The van der Waals surface area contributed by atoms with Gasteiger partial charge in [0, 0.05) is 25.6 Å². The van der Waals surface area contributed by atoms with E-state index >= 15 is 0 Å². The SMILES string of the molecule is CC(CO)COCC1CNCC(C)O1. The van der Waals surface area contributed by atoms with Crippen molar-refractivity contribution in [2.75, 3.05) is 32.9 Å². The maximum atomic E-state index is 8.79. The molecule has 3 unspecified atom stereocenters. The molecule has 4 nitrogen and oxygen atoms in total. The van der Waals surface area contributed by atoms with Crippen LogP contribution in [0.15, 0.2) is 0 Å². The van der Waals surface area contributed by atoms with Crippen molar-refractivity contribution >= 4 is 0 Å². The van der Waals surface area contributed by atoms with Gasteiger partial charge in [-0.15, -0.1) is 0 Å². The van der Waals surface area contributed by atoms with Gasteiger partial charge in [-0.2, -0.15) is 0 Å². The molecule has 0 bridgehead atoms. The minimum atomic E-state index is 0.157. The Morgan fingerprint density at radius 1 is 1.57 bits per heavy atom. The van der Waals surface area contributed by atoms with E-state index in [2.05, 4.69) is 12.2 Å². The molecule has 3 atom stereocenters. The molecule has 2 N–H and O–H groups in total. The third-order valence-corrected chi connectivity index (χ3v) is 2.25. The van der Waals surface area contributed by atoms with Crippen LogP contribution in [0.25, 0.3) is 0 Å². The van der Waals surface area contributed by atoms with Crippen LogP contribution < -0.4 is 5.32 Å². The van der Waals surface area contributed by atoms with E-state index in [0.717, 1.165) is 13.1 Å². The molecule has 1 aliphatic rings. The number of ether oxygens (including phenoxy) is 2. The lowest BCUT2D eigenvalue weighted by Gasteiger charge is -2.28. The highest BCUT2D eigenvalue weighted by Crippen LogP contribution is 2.04. The predicted molar refractivity (Wildman–Crippen MR) is 54.3 cm³/mol. The van der Waals surface area contributed by atoms with E-state index in [1.807, 2.05) is 6.92 Å². The molecule has 4 heteroatoms. The standard InChI is InChI=1S/C10H21NO3/c1-8(5-12)6-13-7-10-4-11-3-9(2)14-10/h8-12H,3-7H2,1-2H3. The van der Waals surface area contributed by atoms with E-state index in [1.54, 1.807) is 0 Å². The minimum absolute atomic E-state index is 0.157.